The van der Waals surface area contributed by atoms with E-state index in [9.17, 15) is 18.8 Å². The topological polar surface area (TPSA) is 119 Å². The number of hydrogen-bond donors (Lipinski definition) is 2. The first kappa shape index (κ1) is 27.6. The number of nitrogens with one attached hydrogen (secondary N) is 1. The molecule has 4 rings (SSSR count). The van der Waals surface area contributed by atoms with Crippen LogP contribution in [0, 0.1) is 11.7 Å². The summed E-state index contributed by atoms with van der Waals surface area (Å²) in [5.41, 5.74) is -3.02. The number of ether oxygens (including phenoxy) is 3. The molecule has 0 aliphatic carbocycles. The first-order valence-corrected chi connectivity index (χ1v) is 12.4. The Kier molecular flexibility index (Phi) is 7.06. The average molecular weight is 538 g/mol. The Morgan fingerprint density at radius 3 is 2.61 bits per heavy atom. The Hall–Kier alpha value is -3.41. The van der Waals surface area contributed by atoms with Gasteiger partial charge in [-0.2, -0.15) is 0 Å². The van der Waals surface area contributed by atoms with Gasteiger partial charge in [-0.05, 0) is 53.2 Å². The van der Waals surface area contributed by atoms with Gasteiger partial charge in [0.1, 0.15) is 23.7 Å². The van der Waals surface area contributed by atoms with Crippen LogP contribution in [0.4, 0.5) is 24.1 Å². The van der Waals surface area contributed by atoms with Gasteiger partial charge in [0.15, 0.2) is 5.75 Å². The zero-order chi connectivity index (χ0) is 28.0. The summed E-state index contributed by atoms with van der Waals surface area (Å²) < 4.78 is 46.9. The number of carboxylic acid groups (broad SMARTS) is 1. The van der Waals surface area contributed by atoms with E-state index >= 15 is 4.39 Å². The molecular weight excluding hydrogens is 504 g/mol. The minimum Gasteiger partial charge on any atom is -0.449 e. The van der Waals surface area contributed by atoms with Gasteiger partial charge < -0.3 is 34.1 Å². The predicted molar refractivity (Wildman–Crippen MR) is 135 cm³/mol. The molecule has 2 aromatic rings. The number of amides is 1. The smallest absolute Gasteiger partial charge is 0.449 e. The third kappa shape index (κ3) is 5.27. The second-order valence-corrected chi connectivity index (χ2v) is 11.5. The minimum absolute atomic E-state index is 0.00310. The van der Waals surface area contributed by atoms with E-state index < -0.39 is 52.7 Å². The van der Waals surface area contributed by atoms with E-state index in [-0.39, 0.29) is 35.6 Å². The number of anilines is 1. The summed E-state index contributed by atoms with van der Waals surface area (Å²) >= 11 is 0. The Balaban J connectivity index is 1.71. The highest BCUT2D eigenvalue weighted by molar-refractivity contribution is 5.85. The molecule has 1 aromatic heterocycles. The van der Waals surface area contributed by atoms with Crippen LogP contribution in [-0.2, 0) is 15.0 Å². The summed E-state index contributed by atoms with van der Waals surface area (Å²) in [5, 5.41) is 11.7. The molecule has 0 spiro atoms. The fourth-order valence-corrected chi connectivity index (χ4v) is 5.13. The number of nitrogens with zero attached hydrogens (tertiary/aromatic N) is 2. The summed E-state index contributed by atoms with van der Waals surface area (Å²) in [7, 11) is 0. The number of rotatable bonds is 6. The van der Waals surface area contributed by atoms with Gasteiger partial charge in [-0.1, -0.05) is 0 Å². The van der Waals surface area contributed by atoms with Gasteiger partial charge in [-0.3, -0.25) is 4.79 Å². The highest BCUT2D eigenvalue weighted by Crippen LogP contribution is 2.42. The van der Waals surface area contributed by atoms with Crippen molar-refractivity contribution in [3.63, 3.8) is 0 Å². The third-order valence-corrected chi connectivity index (χ3v) is 6.99. The molecular formula is C26H33F2N3O7. The van der Waals surface area contributed by atoms with Crippen LogP contribution in [0.3, 0.4) is 0 Å². The first-order chi connectivity index (χ1) is 17.7. The van der Waals surface area contributed by atoms with Gasteiger partial charge in [0.2, 0.25) is 5.43 Å². The molecule has 12 heteroatoms. The second kappa shape index (κ2) is 9.72. The number of carbonyl (C=O) groups is 2. The number of benzene rings is 1. The fraction of sp³-hybridized carbons (Fsp3) is 0.577. The van der Waals surface area contributed by atoms with Crippen LogP contribution in [0.1, 0.15) is 41.0 Å². The van der Waals surface area contributed by atoms with Crippen molar-refractivity contribution in [3.05, 3.63) is 34.4 Å². The number of alkyl halides is 1. The summed E-state index contributed by atoms with van der Waals surface area (Å²) in [6.45, 7) is 8.97. The van der Waals surface area contributed by atoms with Gasteiger partial charge >= 0.3 is 12.2 Å². The van der Waals surface area contributed by atoms with E-state index in [2.05, 4.69) is 10.1 Å². The van der Waals surface area contributed by atoms with Crippen molar-refractivity contribution in [2.24, 2.45) is 5.92 Å². The number of halogens is 2. The van der Waals surface area contributed by atoms with E-state index in [0.29, 0.717) is 13.2 Å². The molecule has 38 heavy (non-hydrogen) atoms. The lowest BCUT2D eigenvalue weighted by Crippen LogP contribution is -2.49. The number of hydrogen-bond acceptors (Lipinski definition) is 7. The zero-order valence-electron chi connectivity index (χ0n) is 22.1. The Morgan fingerprint density at radius 1 is 1.26 bits per heavy atom. The van der Waals surface area contributed by atoms with Crippen molar-refractivity contribution in [1.29, 1.82) is 0 Å². The maximum atomic E-state index is 15.5. The van der Waals surface area contributed by atoms with E-state index in [1.54, 1.807) is 39.5 Å². The van der Waals surface area contributed by atoms with Crippen LogP contribution in [-0.4, -0.2) is 66.0 Å². The standard InChI is InChI=1S/C26H33F2N3O7/c1-24(2,3)38-22(33)29-13-26-14-30(10-15(26)6-7-36-26)19-9-18-16(8-17(19)28)21(32)20(37-23(34)35)11-31(18)25(4,5)12-27/h8-9,11,15H,6-7,10,12-14H2,1-5H3,(H,29,33)(H,34,35). The molecule has 2 fully saturated rings. The second-order valence-electron chi connectivity index (χ2n) is 11.5. The van der Waals surface area contributed by atoms with Crippen LogP contribution in [0.25, 0.3) is 10.9 Å². The molecule has 0 saturated carbocycles. The van der Waals surface area contributed by atoms with E-state index in [1.165, 1.54) is 10.6 Å². The Bertz CT molecular complexity index is 1320. The summed E-state index contributed by atoms with van der Waals surface area (Å²) in [5.74, 6) is -1.25. The van der Waals surface area contributed by atoms with Crippen molar-refractivity contribution in [2.75, 3.05) is 37.8 Å². The third-order valence-electron chi connectivity index (χ3n) is 6.99. The van der Waals surface area contributed by atoms with E-state index in [1.807, 2.05) is 0 Å². The van der Waals surface area contributed by atoms with Gasteiger partial charge in [0.25, 0.3) is 0 Å². The minimum atomic E-state index is -1.71. The largest absolute Gasteiger partial charge is 0.511 e. The quantitative estimate of drug-likeness (QED) is 0.531. The summed E-state index contributed by atoms with van der Waals surface area (Å²) in [6, 6.07) is 2.48. The zero-order valence-corrected chi connectivity index (χ0v) is 22.1. The summed E-state index contributed by atoms with van der Waals surface area (Å²) in [6.07, 6.45) is -0.434. The molecule has 3 heterocycles. The predicted octanol–water partition coefficient (Wildman–Crippen LogP) is 4.02. The molecule has 208 valence electrons. The van der Waals surface area contributed by atoms with Gasteiger partial charge in [0.05, 0.1) is 34.9 Å². The van der Waals surface area contributed by atoms with Gasteiger partial charge in [0, 0.05) is 25.6 Å². The normalized spacial score (nSPS) is 21.4. The van der Waals surface area contributed by atoms with E-state index in [0.717, 1.165) is 18.7 Å². The number of fused-ring (bicyclic) bond motifs is 2. The van der Waals surface area contributed by atoms with Crippen LogP contribution >= 0.6 is 0 Å². The molecule has 2 atom stereocenters. The maximum absolute atomic E-state index is 15.5. The highest BCUT2D eigenvalue weighted by Gasteiger charge is 2.51. The van der Waals surface area contributed by atoms with Crippen molar-refractivity contribution in [1.82, 2.24) is 9.88 Å². The Morgan fingerprint density at radius 2 is 1.97 bits per heavy atom. The monoisotopic (exact) mass is 537 g/mol. The number of carbonyl (C=O) groups excluding carboxylic acids is 1. The maximum Gasteiger partial charge on any atom is 0.511 e. The Labute approximate surface area is 218 Å². The lowest BCUT2D eigenvalue weighted by Gasteiger charge is -2.30. The SMILES string of the molecule is CC(C)(C)OC(=O)NCC12CN(c3cc4c(cc3F)c(=O)c(OC(=O)O)cn4C(C)(C)CF)CC1CCO2. The van der Waals surface area contributed by atoms with Crippen LogP contribution in [0.15, 0.2) is 23.1 Å². The van der Waals surface area contributed by atoms with Crippen molar-refractivity contribution < 1.29 is 37.7 Å². The van der Waals surface area contributed by atoms with Gasteiger partial charge in [-0.15, -0.1) is 0 Å². The molecule has 1 aromatic carbocycles. The number of pyridine rings is 1. The molecule has 0 radical (unpaired) electrons. The molecule has 10 nitrogen and oxygen atoms in total. The molecule has 0 bridgehead atoms. The van der Waals surface area contributed by atoms with Gasteiger partial charge in [-0.25, -0.2) is 18.4 Å². The fourth-order valence-electron chi connectivity index (χ4n) is 5.13. The van der Waals surface area contributed by atoms with Crippen molar-refractivity contribution in [2.45, 2.75) is 57.8 Å². The van der Waals surface area contributed by atoms with E-state index in [4.69, 9.17) is 14.6 Å². The van der Waals surface area contributed by atoms with Crippen LogP contribution in [0.5, 0.6) is 5.75 Å². The number of aromatic nitrogens is 1. The summed E-state index contributed by atoms with van der Waals surface area (Å²) in [4.78, 5) is 38.1. The van der Waals surface area contributed by atoms with Crippen molar-refractivity contribution >= 4 is 28.8 Å². The highest BCUT2D eigenvalue weighted by atomic mass is 19.1. The molecule has 1 amide bonds. The van der Waals surface area contributed by atoms with Crippen LogP contribution in [0.2, 0.25) is 0 Å². The lowest BCUT2D eigenvalue weighted by molar-refractivity contribution is -0.000269. The lowest BCUT2D eigenvalue weighted by atomic mass is 9.91. The molecule has 2 aliphatic rings. The molecule has 2 saturated heterocycles. The van der Waals surface area contributed by atoms with Crippen LogP contribution < -0.4 is 20.4 Å². The van der Waals surface area contributed by atoms with Crippen molar-refractivity contribution in [3.8, 4) is 5.75 Å². The first-order valence-electron chi connectivity index (χ1n) is 12.4. The molecule has 2 unspecified atom stereocenters. The molecule has 2 N–H and O–H groups in total. The molecule has 2 aliphatic heterocycles. The number of alkyl carbamates (subject to hydrolysis) is 1. The average Bonchev–Trinajstić information content (AvgIpc) is 3.35.